The summed E-state index contributed by atoms with van der Waals surface area (Å²) < 4.78 is 5.02. The second kappa shape index (κ2) is 9.33. The number of nitro groups is 1. The topological polar surface area (TPSA) is 79.2 Å². The molecule has 0 bridgehead atoms. The fourth-order valence-electron chi connectivity index (χ4n) is 2.97. The van der Waals surface area contributed by atoms with E-state index in [0.717, 1.165) is 13.0 Å². The number of anilines is 1. The maximum Gasteiger partial charge on any atom is 0.292 e. The Bertz CT molecular complexity index is 588. The largest absolute Gasteiger partial charge is 0.385 e. The van der Waals surface area contributed by atoms with Crippen molar-refractivity contribution in [2.45, 2.75) is 6.42 Å². The first kappa shape index (κ1) is 19.1. The molecule has 1 fully saturated rings. The van der Waals surface area contributed by atoms with Crippen molar-refractivity contribution in [1.82, 2.24) is 9.80 Å². The van der Waals surface area contributed by atoms with Crippen LogP contribution in [0, 0.1) is 10.1 Å². The highest BCUT2D eigenvalue weighted by molar-refractivity contribution is 5.78. The van der Waals surface area contributed by atoms with Gasteiger partial charge in [-0.2, -0.15) is 0 Å². The normalized spacial score (nSPS) is 14.8. The van der Waals surface area contributed by atoms with Crippen LogP contribution >= 0.6 is 0 Å². The fraction of sp³-hybridized carbons (Fsp3) is 0.588. The van der Waals surface area contributed by atoms with Crippen LogP contribution in [-0.2, 0) is 9.53 Å². The van der Waals surface area contributed by atoms with Crippen LogP contribution in [-0.4, -0.2) is 80.7 Å². The molecule has 25 heavy (non-hydrogen) atoms. The summed E-state index contributed by atoms with van der Waals surface area (Å²) in [5.41, 5.74) is 0.733. The summed E-state index contributed by atoms with van der Waals surface area (Å²) in [5, 5.41) is 11.2. The number of rotatable bonds is 8. The minimum absolute atomic E-state index is 0.0992. The van der Waals surface area contributed by atoms with E-state index in [4.69, 9.17) is 4.74 Å². The minimum Gasteiger partial charge on any atom is -0.385 e. The molecule has 1 saturated heterocycles. The van der Waals surface area contributed by atoms with E-state index in [1.807, 2.05) is 21.7 Å². The van der Waals surface area contributed by atoms with E-state index in [0.29, 0.717) is 45.0 Å². The van der Waals surface area contributed by atoms with Gasteiger partial charge in [0, 0.05) is 52.5 Å². The number of benzene rings is 1. The molecule has 1 aliphatic heterocycles. The molecule has 0 atom stereocenters. The highest BCUT2D eigenvalue weighted by Crippen LogP contribution is 2.28. The van der Waals surface area contributed by atoms with Gasteiger partial charge in [0.2, 0.25) is 5.91 Å². The van der Waals surface area contributed by atoms with Crippen LogP contribution in [0.3, 0.4) is 0 Å². The number of carbonyl (C=O) groups is 1. The number of amides is 1. The monoisotopic (exact) mass is 350 g/mol. The van der Waals surface area contributed by atoms with Gasteiger partial charge in [-0.25, -0.2) is 0 Å². The number of carbonyl (C=O) groups excluding carboxylic acids is 1. The third kappa shape index (κ3) is 5.40. The van der Waals surface area contributed by atoms with Crippen molar-refractivity contribution in [3.8, 4) is 0 Å². The predicted molar refractivity (Wildman–Crippen MR) is 95.9 cm³/mol. The second-order valence-electron chi connectivity index (χ2n) is 6.20. The Labute approximate surface area is 148 Å². The third-order valence-corrected chi connectivity index (χ3v) is 4.34. The van der Waals surface area contributed by atoms with Gasteiger partial charge in [-0.3, -0.25) is 19.8 Å². The number of hydrogen-bond donors (Lipinski definition) is 0. The maximum absolute atomic E-state index is 12.4. The van der Waals surface area contributed by atoms with Gasteiger partial charge >= 0.3 is 0 Å². The zero-order valence-corrected chi connectivity index (χ0v) is 14.9. The van der Waals surface area contributed by atoms with Crippen LogP contribution < -0.4 is 4.90 Å². The molecule has 8 heteroatoms. The molecule has 1 aromatic carbocycles. The zero-order chi connectivity index (χ0) is 18.2. The molecule has 1 amide bonds. The summed E-state index contributed by atoms with van der Waals surface area (Å²) in [6.07, 6.45) is 0.895. The highest BCUT2D eigenvalue weighted by Gasteiger charge is 2.25. The molecule has 0 unspecified atom stereocenters. The Morgan fingerprint density at radius 1 is 1.28 bits per heavy atom. The molecule has 2 rings (SSSR count). The molecule has 138 valence electrons. The van der Waals surface area contributed by atoms with Crippen molar-refractivity contribution < 1.29 is 14.5 Å². The number of likely N-dealkylation sites (N-methyl/N-ethyl adjacent to an activating group) is 1. The summed E-state index contributed by atoms with van der Waals surface area (Å²) in [6.45, 7) is 4.25. The van der Waals surface area contributed by atoms with E-state index in [2.05, 4.69) is 0 Å². The SMILES string of the molecule is COCCCN(C)CC(=O)N1CCN(c2ccccc2[N+](=O)[O-])CC1. The number of ether oxygens (including phenoxy) is 1. The molecular weight excluding hydrogens is 324 g/mol. The number of nitro benzene ring substituents is 1. The molecule has 8 nitrogen and oxygen atoms in total. The lowest BCUT2D eigenvalue weighted by Crippen LogP contribution is -2.51. The molecule has 1 aliphatic rings. The van der Waals surface area contributed by atoms with Crippen molar-refractivity contribution in [2.24, 2.45) is 0 Å². The van der Waals surface area contributed by atoms with Crippen molar-refractivity contribution in [3.63, 3.8) is 0 Å². The van der Waals surface area contributed by atoms with Crippen molar-refractivity contribution in [2.75, 3.05) is 64.9 Å². The van der Waals surface area contributed by atoms with Gasteiger partial charge in [0.1, 0.15) is 5.69 Å². The lowest BCUT2D eigenvalue weighted by Gasteiger charge is -2.36. The molecular formula is C17H26N4O4. The maximum atomic E-state index is 12.4. The van der Waals surface area contributed by atoms with Crippen LogP contribution in [0.2, 0.25) is 0 Å². The fourth-order valence-corrected chi connectivity index (χ4v) is 2.97. The average Bonchev–Trinajstić information content (AvgIpc) is 2.62. The highest BCUT2D eigenvalue weighted by atomic mass is 16.6. The molecule has 0 N–H and O–H groups in total. The molecule has 0 aromatic heterocycles. The van der Waals surface area contributed by atoms with E-state index in [1.165, 1.54) is 6.07 Å². The predicted octanol–water partition coefficient (Wildman–Crippen LogP) is 1.21. The second-order valence-corrected chi connectivity index (χ2v) is 6.20. The Morgan fingerprint density at radius 2 is 1.96 bits per heavy atom. The number of hydrogen-bond acceptors (Lipinski definition) is 6. The van der Waals surface area contributed by atoms with E-state index in [1.54, 1.807) is 25.3 Å². The number of para-hydroxylation sites is 2. The number of methoxy groups -OCH3 is 1. The van der Waals surface area contributed by atoms with Crippen LogP contribution in [0.25, 0.3) is 0 Å². The van der Waals surface area contributed by atoms with Gasteiger partial charge in [-0.1, -0.05) is 12.1 Å². The minimum atomic E-state index is -0.359. The number of piperazine rings is 1. The smallest absolute Gasteiger partial charge is 0.292 e. The Kier molecular flexibility index (Phi) is 7.15. The van der Waals surface area contributed by atoms with Gasteiger partial charge in [-0.15, -0.1) is 0 Å². The van der Waals surface area contributed by atoms with Gasteiger partial charge in [0.05, 0.1) is 11.5 Å². The first-order valence-electron chi connectivity index (χ1n) is 8.46. The first-order valence-corrected chi connectivity index (χ1v) is 8.46. The first-order chi connectivity index (χ1) is 12.0. The summed E-state index contributed by atoms with van der Waals surface area (Å²) in [5.74, 6) is 0.0992. The van der Waals surface area contributed by atoms with E-state index < -0.39 is 0 Å². The zero-order valence-electron chi connectivity index (χ0n) is 14.9. The standard InChI is InChI=1S/C17H26N4O4/c1-18(8-5-13-25-2)14-17(22)20-11-9-19(10-12-20)15-6-3-4-7-16(15)21(23)24/h3-4,6-7H,5,8-14H2,1-2H3. The van der Waals surface area contributed by atoms with Crippen molar-refractivity contribution in [1.29, 1.82) is 0 Å². The van der Waals surface area contributed by atoms with E-state index >= 15 is 0 Å². The van der Waals surface area contributed by atoms with Crippen LogP contribution in [0.4, 0.5) is 11.4 Å². The third-order valence-electron chi connectivity index (χ3n) is 4.34. The van der Waals surface area contributed by atoms with Crippen LogP contribution in [0.15, 0.2) is 24.3 Å². The quantitative estimate of drug-likeness (QED) is 0.398. The summed E-state index contributed by atoms with van der Waals surface area (Å²) >= 11 is 0. The van der Waals surface area contributed by atoms with Crippen molar-refractivity contribution in [3.05, 3.63) is 34.4 Å². The van der Waals surface area contributed by atoms with Gasteiger partial charge in [0.15, 0.2) is 0 Å². The Hall–Kier alpha value is -2.19. The van der Waals surface area contributed by atoms with Gasteiger partial charge < -0.3 is 14.5 Å². The van der Waals surface area contributed by atoms with Crippen LogP contribution in [0.1, 0.15) is 6.42 Å². The molecule has 0 saturated carbocycles. The summed E-state index contributed by atoms with van der Waals surface area (Å²) in [7, 11) is 3.60. The molecule has 0 spiro atoms. The Balaban J connectivity index is 1.85. The number of nitrogens with zero attached hydrogens (tertiary/aromatic N) is 4. The molecule has 0 radical (unpaired) electrons. The van der Waals surface area contributed by atoms with Crippen LogP contribution in [0.5, 0.6) is 0 Å². The summed E-state index contributed by atoms with van der Waals surface area (Å²) in [4.78, 5) is 29.0. The molecule has 1 heterocycles. The van der Waals surface area contributed by atoms with E-state index in [9.17, 15) is 14.9 Å². The van der Waals surface area contributed by atoms with E-state index in [-0.39, 0.29) is 16.5 Å². The molecule has 0 aliphatic carbocycles. The van der Waals surface area contributed by atoms with Gasteiger partial charge in [-0.05, 0) is 19.5 Å². The lowest BCUT2D eigenvalue weighted by atomic mass is 10.2. The molecule has 1 aromatic rings. The lowest BCUT2D eigenvalue weighted by molar-refractivity contribution is -0.384. The summed E-state index contributed by atoms with van der Waals surface area (Å²) in [6, 6.07) is 6.75. The Morgan fingerprint density at radius 3 is 2.60 bits per heavy atom. The van der Waals surface area contributed by atoms with Crippen molar-refractivity contribution >= 4 is 17.3 Å². The average molecular weight is 350 g/mol. The van der Waals surface area contributed by atoms with Gasteiger partial charge in [0.25, 0.3) is 5.69 Å².